The smallest absolute Gasteiger partial charge is 0.116 e. The fourth-order valence-electron chi connectivity index (χ4n) is 1.75. The second-order valence-electron chi connectivity index (χ2n) is 3.93. The molecule has 0 radical (unpaired) electrons. The molecular weight excluding hydrogens is 238 g/mol. The summed E-state index contributed by atoms with van der Waals surface area (Å²) < 4.78 is 1.75. The van der Waals surface area contributed by atoms with Crippen molar-refractivity contribution >= 4 is 0 Å². The van der Waals surface area contributed by atoms with Crippen LogP contribution in [0.4, 0.5) is 0 Å². The summed E-state index contributed by atoms with van der Waals surface area (Å²) in [5.41, 5.74) is 3.29. The second-order valence-corrected chi connectivity index (χ2v) is 3.93. The van der Waals surface area contributed by atoms with Gasteiger partial charge in [-0.2, -0.15) is 10.4 Å². The summed E-state index contributed by atoms with van der Waals surface area (Å²) in [6, 6.07) is 11.2. The highest BCUT2D eigenvalue weighted by Gasteiger charge is 2.04. The molecule has 90 valence electrons. The van der Waals surface area contributed by atoms with Crippen LogP contribution in [-0.2, 0) is 0 Å². The summed E-state index contributed by atoms with van der Waals surface area (Å²) in [6.45, 7) is 0. The Balaban J connectivity index is 1.95. The van der Waals surface area contributed by atoms with Gasteiger partial charge in [0.25, 0.3) is 0 Å². The van der Waals surface area contributed by atoms with Gasteiger partial charge >= 0.3 is 0 Å². The lowest BCUT2D eigenvalue weighted by molar-refractivity contribution is 0.880. The Bertz CT molecular complexity index is 723. The molecule has 2 heterocycles. The third kappa shape index (κ3) is 2.19. The Morgan fingerprint density at radius 3 is 2.63 bits per heavy atom. The van der Waals surface area contributed by atoms with Crippen molar-refractivity contribution in [1.29, 1.82) is 5.26 Å². The Hall–Kier alpha value is -3.00. The van der Waals surface area contributed by atoms with E-state index < -0.39 is 0 Å². The highest BCUT2D eigenvalue weighted by molar-refractivity contribution is 5.57. The maximum Gasteiger partial charge on any atom is 0.116 e. The van der Waals surface area contributed by atoms with Gasteiger partial charge in [0.05, 0.1) is 29.2 Å². The number of rotatable bonds is 2. The highest BCUT2D eigenvalue weighted by atomic mass is 15.3. The van der Waals surface area contributed by atoms with Crippen LogP contribution >= 0.6 is 0 Å². The molecule has 0 fully saturated rings. The van der Waals surface area contributed by atoms with E-state index in [4.69, 9.17) is 5.26 Å². The third-order valence-corrected chi connectivity index (χ3v) is 2.72. The Kier molecular flexibility index (Phi) is 2.75. The second kappa shape index (κ2) is 4.70. The minimum Gasteiger partial charge on any atom is -0.245 e. The molecule has 0 aliphatic carbocycles. The number of aromatic nitrogens is 4. The van der Waals surface area contributed by atoms with Crippen LogP contribution in [0.5, 0.6) is 0 Å². The first-order chi connectivity index (χ1) is 9.36. The van der Waals surface area contributed by atoms with Crippen LogP contribution in [0.1, 0.15) is 5.56 Å². The van der Waals surface area contributed by atoms with Crippen LogP contribution in [0.25, 0.3) is 16.9 Å². The number of hydrogen-bond acceptors (Lipinski definition) is 4. The molecule has 0 N–H and O–H groups in total. The topological polar surface area (TPSA) is 67.4 Å². The minimum absolute atomic E-state index is 0.631. The fraction of sp³-hybridized carbons (Fsp3) is 0. The van der Waals surface area contributed by atoms with Crippen molar-refractivity contribution in [3.8, 4) is 23.0 Å². The maximum absolute atomic E-state index is 8.77. The average Bonchev–Trinajstić information content (AvgIpc) is 2.98. The Morgan fingerprint density at radius 1 is 1.11 bits per heavy atom. The first-order valence-corrected chi connectivity index (χ1v) is 5.68. The van der Waals surface area contributed by atoms with Crippen LogP contribution in [0.3, 0.4) is 0 Å². The monoisotopic (exact) mass is 247 g/mol. The van der Waals surface area contributed by atoms with Gasteiger partial charge in [0.15, 0.2) is 0 Å². The summed E-state index contributed by atoms with van der Waals surface area (Å²) in [4.78, 5) is 8.06. The molecule has 0 atom stereocenters. The van der Waals surface area contributed by atoms with E-state index in [1.54, 1.807) is 29.2 Å². The van der Waals surface area contributed by atoms with Crippen molar-refractivity contribution in [2.24, 2.45) is 0 Å². The summed E-state index contributed by atoms with van der Waals surface area (Å²) in [6.07, 6.45) is 6.85. The average molecular weight is 247 g/mol. The molecule has 3 rings (SSSR count). The molecule has 3 aromatic rings. The van der Waals surface area contributed by atoms with Gasteiger partial charge in [0, 0.05) is 18.0 Å². The lowest BCUT2D eigenvalue weighted by Gasteiger charge is -2.00. The molecule has 0 spiro atoms. The van der Waals surface area contributed by atoms with Crippen molar-refractivity contribution < 1.29 is 0 Å². The standard InChI is InChI=1S/C14H9N5/c15-7-11-1-3-13(4-2-11)19-9-12(8-18-19)14-5-6-16-10-17-14/h1-6,8-10H. The zero-order chi connectivity index (χ0) is 13.1. The van der Waals surface area contributed by atoms with E-state index in [-0.39, 0.29) is 0 Å². The molecule has 19 heavy (non-hydrogen) atoms. The molecule has 5 heteroatoms. The van der Waals surface area contributed by atoms with E-state index in [2.05, 4.69) is 21.1 Å². The van der Waals surface area contributed by atoms with Gasteiger partial charge in [-0.25, -0.2) is 14.6 Å². The zero-order valence-electron chi connectivity index (χ0n) is 9.93. The van der Waals surface area contributed by atoms with Crippen LogP contribution in [0.2, 0.25) is 0 Å². The maximum atomic E-state index is 8.77. The number of nitriles is 1. The van der Waals surface area contributed by atoms with Gasteiger partial charge in [-0.15, -0.1) is 0 Å². The third-order valence-electron chi connectivity index (χ3n) is 2.72. The molecule has 0 unspecified atom stereocenters. The molecule has 5 nitrogen and oxygen atoms in total. The van der Waals surface area contributed by atoms with Crippen molar-refractivity contribution in [3.05, 3.63) is 60.8 Å². The van der Waals surface area contributed by atoms with E-state index in [0.29, 0.717) is 5.56 Å². The van der Waals surface area contributed by atoms with Crippen LogP contribution in [0, 0.1) is 11.3 Å². The molecule has 0 saturated carbocycles. The molecule has 0 saturated heterocycles. The Morgan fingerprint density at radius 2 is 1.95 bits per heavy atom. The van der Waals surface area contributed by atoms with Crippen molar-refractivity contribution in [2.45, 2.75) is 0 Å². The van der Waals surface area contributed by atoms with E-state index in [1.807, 2.05) is 24.4 Å². The normalized spacial score (nSPS) is 10.1. The lowest BCUT2D eigenvalue weighted by Crippen LogP contribution is -1.93. The highest BCUT2D eigenvalue weighted by Crippen LogP contribution is 2.17. The summed E-state index contributed by atoms with van der Waals surface area (Å²) >= 11 is 0. The molecule has 1 aromatic carbocycles. The van der Waals surface area contributed by atoms with Gasteiger partial charge in [-0.3, -0.25) is 0 Å². The first-order valence-electron chi connectivity index (χ1n) is 5.68. The van der Waals surface area contributed by atoms with Gasteiger partial charge in [-0.1, -0.05) is 0 Å². The molecule has 0 aliphatic heterocycles. The van der Waals surface area contributed by atoms with Crippen molar-refractivity contribution in [1.82, 2.24) is 19.7 Å². The van der Waals surface area contributed by atoms with Crippen molar-refractivity contribution in [2.75, 3.05) is 0 Å². The quantitative estimate of drug-likeness (QED) is 0.696. The zero-order valence-corrected chi connectivity index (χ0v) is 9.93. The first kappa shape index (κ1) is 11.1. The summed E-state index contributed by atoms with van der Waals surface area (Å²) in [7, 11) is 0. The van der Waals surface area contributed by atoms with E-state index in [1.165, 1.54) is 6.33 Å². The molecule has 0 amide bonds. The number of hydrogen-bond donors (Lipinski definition) is 0. The lowest BCUT2D eigenvalue weighted by atomic mass is 10.2. The van der Waals surface area contributed by atoms with Gasteiger partial charge in [0.1, 0.15) is 6.33 Å². The predicted octanol–water partition coefficient (Wildman–Crippen LogP) is 2.20. The number of benzene rings is 1. The van der Waals surface area contributed by atoms with Crippen molar-refractivity contribution in [3.63, 3.8) is 0 Å². The predicted molar refractivity (Wildman–Crippen MR) is 69.3 cm³/mol. The van der Waals surface area contributed by atoms with Crippen LogP contribution in [0.15, 0.2) is 55.2 Å². The van der Waals surface area contributed by atoms with Gasteiger partial charge in [-0.05, 0) is 30.3 Å². The molecular formula is C14H9N5. The Labute approximate surface area is 109 Å². The summed E-state index contributed by atoms with van der Waals surface area (Å²) in [5, 5.41) is 13.1. The van der Waals surface area contributed by atoms with Gasteiger partial charge < -0.3 is 0 Å². The van der Waals surface area contributed by atoms with E-state index >= 15 is 0 Å². The van der Waals surface area contributed by atoms with E-state index in [9.17, 15) is 0 Å². The largest absolute Gasteiger partial charge is 0.245 e. The van der Waals surface area contributed by atoms with E-state index in [0.717, 1.165) is 16.9 Å². The molecule has 2 aromatic heterocycles. The minimum atomic E-state index is 0.631. The fourth-order valence-corrected chi connectivity index (χ4v) is 1.75. The summed E-state index contributed by atoms with van der Waals surface area (Å²) in [5.74, 6) is 0. The SMILES string of the molecule is N#Cc1ccc(-n2cc(-c3ccncn3)cn2)cc1. The van der Waals surface area contributed by atoms with Crippen LogP contribution < -0.4 is 0 Å². The van der Waals surface area contributed by atoms with Crippen LogP contribution in [-0.4, -0.2) is 19.7 Å². The number of nitrogens with zero attached hydrogens (tertiary/aromatic N) is 5. The molecule has 0 aliphatic rings. The van der Waals surface area contributed by atoms with Gasteiger partial charge in [0.2, 0.25) is 0 Å². The molecule has 0 bridgehead atoms.